The van der Waals surface area contributed by atoms with Crippen molar-refractivity contribution in [2.45, 2.75) is 19.1 Å². The molecule has 0 saturated carbocycles. The Bertz CT molecular complexity index is 1470. The minimum absolute atomic E-state index is 0.0529. The number of aromatic nitrogens is 4. The molecule has 0 bridgehead atoms. The first-order chi connectivity index (χ1) is 16.9. The van der Waals surface area contributed by atoms with Crippen LogP contribution in [0.5, 0.6) is 11.8 Å². The SMILES string of the molecule is CCOCc1cnc(Cl)nc1Oc1cnc2c(ccc3sc4c(c32)NCC2(CN(C)C2)NC4=O)n1. The van der Waals surface area contributed by atoms with Gasteiger partial charge >= 0.3 is 0 Å². The summed E-state index contributed by atoms with van der Waals surface area (Å²) in [6.45, 7) is 5.03. The third-order valence-electron chi connectivity index (χ3n) is 6.13. The number of amides is 1. The average molecular weight is 512 g/mol. The lowest BCUT2D eigenvalue weighted by molar-refractivity contribution is 0.0603. The fourth-order valence-electron chi connectivity index (χ4n) is 4.68. The predicted molar refractivity (Wildman–Crippen MR) is 134 cm³/mol. The molecule has 1 spiro atoms. The Hall–Kier alpha value is -3.12. The van der Waals surface area contributed by atoms with Gasteiger partial charge in [-0.25, -0.2) is 15.0 Å². The summed E-state index contributed by atoms with van der Waals surface area (Å²) in [7, 11) is 2.05. The predicted octanol–water partition coefficient (Wildman–Crippen LogP) is 3.46. The van der Waals surface area contributed by atoms with Crippen molar-refractivity contribution in [2.75, 3.05) is 38.6 Å². The Kier molecular flexibility index (Phi) is 5.44. The van der Waals surface area contributed by atoms with Gasteiger partial charge in [0.25, 0.3) is 5.91 Å². The third kappa shape index (κ3) is 3.94. The van der Waals surface area contributed by atoms with Gasteiger partial charge in [-0.05, 0) is 37.7 Å². The lowest BCUT2D eigenvalue weighted by Gasteiger charge is -2.48. The summed E-state index contributed by atoms with van der Waals surface area (Å²) < 4.78 is 12.4. The van der Waals surface area contributed by atoms with Gasteiger partial charge in [-0.1, -0.05) is 0 Å². The molecule has 3 aromatic heterocycles. The van der Waals surface area contributed by atoms with E-state index in [1.807, 2.05) is 26.1 Å². The summed E-state index contributed by atoms with van der Waals surface area (Å²) in [5, 5.41) is 7.71. The molecular weight excluding hydrogens is 490 g/mol. The number of hydrogen-bond donors (Lipinski definition) is 2. The maximum absolute atomic E-state index is 13.1. The van der Waals surface area contributed by atoms with Crippen LogP contribution in [0.3, 0.4) is 0 Å². The molecule has 0 atom stereocenters. The molecule has 12 heteroatoms. The number of nitrogens with one attached hydrogen (secondary N) is 2. The second-order valence-corrected chi connectivity index (χ2v) is 10.2. The van der Waals surface area contributed by atoms with E-state index < -0.39 is 0 Å². The number of hydrogen-bond acceptors (Lipinski definition) is 10. The van der Waals surface area contributed by atoms with Crippen LogP contribution in [0.2, 0.25) is 5.28 Å². The fraction of sp³-hybridized carbons (Fsp3) is 0.348. The Morgan fingerprint density at radius 3 is 2.89 bits per heavy atom. The molecule has 2 aliphatic rings. The zero-order valence-corrected chi connectivity index (χ0v) is 20.7. The van der Waals surface area contributed by atoms with E-state index >= 15 is 0 Å². The fourth-order valence-corrected chi connectivity index (χ4v) is 5.88. The van der Waals surface area contributed by atoms with E-state index in [1.54, 1.807) is 12.4 Å². The number of anilines is 1. The zero-order chi connectivity index (χ0) is 24.2. The number of fused-ring (bicyclic) bond motifs is 5. The Morgan fingerprint density at radius 2 is 2.09 bits per heavy atom. The third-order valence-corrected chi connectivity index (χ3v) is 7.47. The minimum atomic E-state index is -0.244. The van der Waals surface area contributed by atoms with Gasteiger partial charge < -0.3 is 25.0 Å². The number of carbonyl (C=O) groups is 1. The first-order valence-corrected chi connectivity index (χ1v) is 12.4. The van der Waals surface area contributed by atoms with E-state index in [-0.39, 0.29) is 35.1 Å². The van der Waals surface area contributed by atoms with Gasteiger partial charge in [0.15, 0.2) is 0 Å². The minimum Gasteiger partial charge on any atom is -0.418 e. The van der Waals surface area contributed by atoms with E-state index in [0.29, 0.717) is 34.6 Å². The van der Waals surface area contributed by atoms with Crippen molar-refractivity contribution in [1.29, 1.82) is 0 Å². The lowest BCUT2D eigenvalue weighted by atomic mass is 9.90. The van der Waals surface area contributed by atoms with E-state index in [0.717, 1.165) is 28.9 Å². The molecule has 5 heterocycles. The second-order valence-electron chi connectivity index (χ2n) is 8.79. The molecule has 10 nitrogen and oxygen atoms in total. The summed E-state index contributed by atoms with van der Waals surface area (Å²) in [6, 6.07) is 3.83. The Balaban J connectivity index is 1.37. The van der Waals surface area contributed by atoms with Crippen LogP contribution in [0.25, 0.3) is 21.1 Å². The van der Waals surface area contributed by atoms with Crippen LogP contribution in [0.1, 0.15) is 22.2 Å². The smallest absolute Gasteiger partial charge is 0.264 e. The highest BCUT2D eigenvalue weighted by atomic mass is 35.5. The number of benzene rings is 1. The van der Waals surface area contributed by atoms with Crippen molar-refractivity contribution in [3.05, 3.63) is 40.3 Å². The van der Waals surface area contributed by atoms with Crippen molar-refractivity contribution >= 4 is 55.7 Å². The molecule has 1 saturated heterocycles. The Morgan fingerprint density at radius 1 is 1.23 bits per heavy atom. The molecule has 2 aliphatic heterocycles. The van der Waals surface area contributed by atoms with Gasteiger partial charge in [0, 0.05) is 42.5 Å². The van der Waals surface area contributed by atoms with Crippen molar-refractivity contribution in [3.63, 3.8) is 0 Å². The molecule has 1 aromatic carbocycles. The molecule has 1 fully saturated rings. The van der Waals surface area contributed by atoms with Crippen LogP contribution < -0.4 is 15.4 Å². The lowest BCUT2D eigenvalue weighted by Crippen LogP contribution is -2.71. The van der Waals surface area contributed by atoms with Crippen molar-refractivity contribution in [3.8, 4) is 11.8 Å². The average Bonchev–Trinajstić information content (AvgIpc) is 3.14. The van der Waals surface area contributed by atoms with Crippen molar-refractivity contribution in [2.24, 2.45) is 0 Å². The summed E-state index contributed by atoms with van der Waals surface area (Å²) in [6.07, 6.45) is 3.12. The number of nitrogens with zero attached hydrogens (tertiary/aromatic N) is 5. The normalized spacial score (nSPS) is 17.1. The van der Waals surface area contributed by atoms with Gasteiger partial charge in [-0.2, -0.15) is 4.98 Å². The topological polar surface area (TPSA) is 114 Å². The van der Waals surface area contributed by atoms with Gasteiger partial charge in [0.2, 0.25) is 17.0 Å². The van der Waals surface area contributed by atoms with Gasteiger partial charge in [-0.15, -0.1) is 11.3 Å². The molecular formula is C23H22ClN7O3S. The molecule has 0 radical (unpaired) electrons. The van der Waals surface area contributed by atoms with Crippen LogP contribution in [0.4, 0.5) is 5.69 Å². The highest BCUT2D eigenvalue weighted by Crippen LogP contribution is 2.41. The van der Waals surface area contributed by atoms with E-state index in [9.17, 15) is 4.79 Å². The molecule has 2 N–H and O–H groups in total. The zero-order valence-electron chi connectivity index (χ0n) is 19.1. The quantitative estimate of drug-likeness (QED) is 0.389. The molecule has 0 aliphatic carbocycles. The molecule has 35 heavy (non-hydrogen) atoms. The number of ether oxygens (including phenoxy) is 2. The number of likely N-dealkylation sites (N-methyl/N-ethyl adjacent to an activating group) is 1. The first kappa shape index (κ1) is 22.4. The standard InChI is InChI=1S/C23H22ClN7O3S/c1-3-33-8-12-6-26-22(24)29-21(12)34-15-7-25-17-13(28-15)4-5-14-16(17)18-19(35-14)20(32)30-23(9-27-18)10-31(2)11-23/h4-7,27H,3,8-11H2,1-2H3,(H,30,32). The van der Waals surface area contributed by atoms with Crippen LogP contribution in [0, 0.1) is 0 Å². The molecule has 4 aromatic rings. The maximum Gasteiger partial charge on any atom is 0.264 e. The number of carbonyl (C=O) groups excluding carboxylic acids is 1. The van der Waals surface area contributed by atoms with Crippen molar-refractivity contribution < 1.29 is 14.3 Å². The van der Waals surface area contributed by atoms with Gasteiger partial charge in [-0.3, -0.25) is 4.79 Å². The summed E-state index contributed by atoms with van der Waals surface area (Å²) in [4.78, 5) is 33.4. The van der Waals surface area contributed by atoms with Crippen LogP contribution in [-0.4, -0.2) is 69.6 Å². The number of thiophene rings is 1. The number of rotatable bonds is 5. The van der Waals surface area contributed by atoms with Crippen LogP contribution in [-0.2, 0) is 11.3 Å². The summed E-state index contributed by atoms with van der Waals surface area (Å²) in [5.74, 6) is 0.488. The molecule has 6 rings (SSSR count). The first-order valence-electron chi connectivity index (χ1n) is 11.2. The molecule has 0 unspecified atom stereocenters. The van der Waals surface area contributed by atoms with Gasteiger partial charge in [0.05, 0.1) is 40.6 Å². The largest absolute Gasteiger partial charge is 0.418 e. The summed E-state index contributed by atoms with van der Waals surface area (Å²) in [5.41, 5.74) is 2.56. The highest BCUT2D eigenvalue weighted by molar-refractivity contribution is 7.21. The maximum atomic E-state index is 13.1. The van der Waals surface area contributed by atoms with E-state index in [4.69, 9.17) is 21.1 Å². The molecule has 1 amide bonds. The summed E-state index contributed by atoms with van der Waals surface area (Å²) >= 11 is 7.44. The molecule has 180 valence electrons. The second kappa shape index (κ2) is 8.52. The van der Waals surface area contributed by atoms with Crippen LogP contribution >= 0.6 is 22.9 Å². The monoisotopic (exact) mass is 511 g/mol. The van der Waals surface area contributed by atoms with Gasteiger partial charge in [0.1, 0.15) is 4.88 Å². The number of halogens is 1. The number of likely N-dealkylation sites (tertiary alicyclic amines) is 1. The van der Waals surface area contributed by atoms with E-state index in [1.165, 1.54) is 11.3 Å². The highest BCUT2D eigenvalue weighted by Gasteiger charge is 2.45. The van der Waals surface area contributed by atoms with Crippen LogP contribution in [0.15, 0.2) is 24.5 Å². The van der Waals surface area contributed by atoms with Crippen molar-refractivity contribution in [1.82, 2.24) is 30.2 Å². The Labute approximate surface area is 209 Å². The van der Waals surface area contributed by atoms with E-state index in [2.05, 4.69) is 35.5 Å².